The Kier molecular flexibility index (Phi) is 7.25. The van der Waals surface area contributed by atoms with E-state index < -0.39 is 5.91 Å². The lowest BCUT2D eigenvalue weighted by molar-refractivity contribution is -0.116. The standard InChI is InChI=1S/C15H23N3O3/c1-21-13-8-7-11(15(17)20)10-12(13)18-14(19)6-4-2-3-5-9-16/h7-8,10H,2-6,9,16H2,1H3,(H2,17,20)(H,18,19). The van der Waals surface area contributed by atoms with Crippen molar-refractivity contribution in [2.75, 3.05) is 19.0 Å². The molecule has 2 amide bonds. The van der Waals surface area contributed by atoms with Gasteiger partial charge < -0.3 is 21.5 Å². The Bertz CT molecular complexity index is 489. The lowest BCUT2D eigenvalue weighted by atomic mass is 10.1. The molecule has 1 rings (SSSR count). The molecule has 1 aromatic rings. The molecule has 0 saturated heterocycles. The monoisotopic (exact) mass is 293 g/mol. The summed E-state index contributed by atoms with van der Waals surface area (Å²) in [5.74, 6) is -0.158. The van der Waals surface area contributed by atoms with E-state index in [1.165, 1.54) is 13.2 Å². The Labute approximate surface area is 124 Å². The second-order valence-electron chi connectivity index (χ2n) is 4.78. The summed E-state index contributed by atoms with van der Waals surface area (Å²) >= 11 is 0. The summed E-state index contributed by atoms with van der Waals surface area (Å²) in [7, 11) is 1.50. The van der Waals surface area contributed by atoms with Crippen LogP contribution in [0.5, 0.6) is 5.75 Å². The van der Waals surface area contributed by atoms with Gasteiger partial charge in [-0.05, 0) is 37.6 Å². The number of unbranched alkanes of at least 4 members (excludes halogenated alkanes) is 3. The molecule has 0 fully saturated rings. The first-order valence-corrected chi connectivity index (χ1v) is 7.06. The third kappa shape index (κ3) is 5.83. The number of amides is 2. The summed E-state index contributed by atoms with van der Waals surface area (Å²) in [4.78, 5) is 23.1. The maximum Gasteiger partial charge on any atom is 0.248 e. The highest BCUT2D eigenvalue weighted by atomic mass is 16.5. The fourth-order valence-electron chi connectivity index (χ4n) is 1.96. The lowest BCUT2D eigenvalue weighted by Gasteiger charge is -2.11. The van der Waals surface area contributed by atoms with Gasteiger partial charge in [-0.1, -0.05) is 12.8 Å². The number of methoxy groups -OCH3 is 1. The predicted octanol–water partition coefficient (Wildman–Crippen LogP) is 1.64. The molecule has 0 atom stereocenters. The molecule has 0 aliphatic heterocycles. The van der Waals surface area contributed by atoms with Crippen molar-refractivity contribution >= 4 is 17.5 Å². The van der Waals surface area contributed by atoms with Gasteiger partial charge in [0.2, 0.25) is 11.8 Å². The minimum Gasteiger partial charge on any atom is -0.495 e. The third-order valence-electron chi connectivity index (χ3n) is 3.12. The van der Waals surface area contributed by atoms with Crippen LogP contribution in [0.4, 0.5) is 5.69 Å². The van der Waals surface area contributed by atoms with Crippen LogP contribution >= 0.6 is 0 Å². The van der Waals surface area contributed by atoms with Crippen LogP contribution < -0.4 is 21.5 Å². The van der Waals surface area contributed by atoms with Crippen molar-refractivity contribution in [1.29, 1.82) is 0 Å². The SMILES string of the molecule is COc1ccc(C(N)=O)cc1NC(=O)CCCCCCN. The van der Waals surface area contributed by atoms with E-state index >= 15 is 0 Å². The van der Waals surface area contributed by atoms with Gasteiger partial charge in [-0.25, -0.2) is 0 Å². The molecule has 0 bridgehead atoms. The van der Waals surface area contributed by atoms with E-state index in [-0.39, 0.29) is 5.91 Å². The normalized spacial score (nSPS) is 10.2. The van der Waals surface area contributed by atoms with Gasteiger partial charge in [0.1, 0.15) is 5.75 Å². The number of primary amides is 1. The molecule has 0 spiro atoms. The summed E-state index contributed by atoms with van der Waals surface area (Å²) in [5.41, 5.74) is 11.4. The summed E-state index contributed by atoms with van der Waals surface area (Å²) in [6, 6.07) is 4.69. The molecule has 116 valence electrons. The number of hydrogen-bond donors (Lipinski definition) is 3. The van der Waals surface area contributed by atoms with E-state index in [1.54, 1.807) is 12.1 Å². The minimum atomic E-state index is -0.546. The fourth-order valence-corrected chi connectivity index (χ4v) is 1.96. The molecule has 5 N–H and O–H groups in total. The third-order valence-corrected chi connectivity index (χ3v) is 3.12. The first kappa shape index (κ1) is 17.0. The average molecular weight is 293 g/mol. The number of rotatable bonds is 9. The van der Waals surface area contributed by atoms with Crippen LogP contribution in [0.3, 0.4) is 0 Å². The van der Waals surface area contributed by atoms with Gasteiger partial charge in [0.05, 0.1) is 12.8 Å². The number of hydrogen-bond acceptors (Lipinski definition) is 4. The molecule has 6 nitrogen and oxygen atoms in total. The number of ether oxygens (including phenoxy) is 1. The zero-order valence-electron chi connectivity index (χ0n) is 12.4. The van der Waals surface area contributed by atoms with E-state index in [0.717, 1.165) is 25.7 Å². The van der Waals surface area contributed by atoms with Crippen LogP contribution in [-0.4, -0.2) is 25.5 Å². The summed E-state index contributed by atoms with van der Waals surface area (Å²) in [6.07, 6.45) is 4.22. The van der Waals surface area contributed by atoms with Gasteiger partial charge in [0.15, 0.2) is 0 Å². The van der Waals surface area contributed by atoms with Crippen LogP contribution in [0.1, 0.15) is 42.5 Å². The van der Waals surface area contributed by atoms with Crippen molar-refractivity contribution < 1.29 is 14.3 Å². The Morgan fingerprint density at radius 2 is 1.90 bits per heavy atom. The predicted molar refractivity (Wildman–Crippen MR) is 82.3 cm³/mol. The average Bonchev–Trinajstić information content (AvgIpc) is 2.46. The van der Waals surface area contributed by atoms with Crippen LogP contribution in [0.15, 0.2) is 18.2 Å². The second-order valence-corrected chi connectivity index (χ2v) is 4.78. The van der Waals surface area contributed by atoms with Crippen molar-refractivity contribution in [1.82, 2.24) is 0 Å². The van der Waals surface area contributed by atoms with E-state index in [4.69, 9.17) is 16.2 Å². The largest absolute Gasteiger partial charge is 0.495 e. The quantitative estimate of drug-likeness (QED) is 0.601. The molecule has 0 saturated carbocycles. The van der Waals surface area contributed by atoms with Crippen molar-refractivity contribution in [3.8, 4) is 5.75 Å². The van der Waals surface area contributed by atoms with Crippen molar-refractivity contribution in [2.45, 2.75) is 32.1 Å². The van der Waals surface area contributed by atoms with Gasteiger partial charge in [0, 0.05) is 12.0 Å². The molecule has 6 heteroatoms. The first-order valence-electron chi connectivity index (χ1n) is 7.06. The Hall–Kier alpha value is -2.08. The second kappa shape index (κ2) is 8.97. The van der Waals surface area contributed by atoms with Crippen molar-refractivity contribution in [2.24, 2.45) is 11.5 Å². The molecular formula is C15H23N3O3. The maximum atomic E-state index is 11.9. The van der Waals surface area contributed by atoms with Crippen LogP contribution in [0.25, 0.3) is 0 Å². The highest BCUT2D eigenvalue weighted by Gasteiger charge is 2.10. The van der Waals surface area contributed by atoms with Crippen LogP contribution in [0, 0.1) is 0 Å². The molecule has 0 aliphatic rings. The molecule has 0 aromatic heterocycles. The van der Waals surface area contributed by atoms with E-state index in [9.17, 15) is 9.59 Å². The molecule has 0 heterocycles. The zero-order chi connectivity index (χ0) is 15.7. The van der Waals surface area contributed by atoms with Crippen molar-refractivity contribution in [3.05, 3.63) is 23.8 Å². The molecule has 0 unspecified atom stereocenters. The van der Waals surface area contributed by atoms with Gasteiger partial charge in [0.25, 0.3) is 0 Å². The Morgan fingerprint density at radius 1 is 1.19 bits per heavy atom. The molecule has 0 aliphatic carbocycles. The maximum absolute atomic E-state index is 11.9. The minimum absolute atomic E-state index is 0.109. The number of carbonyl (C=O) groups excluding carboxylic acids is 2. The van der Waals surface area contributed by atoms with Crippen LogP contribution in [-0.2, 0) is 4.79 Å². The topological polar surface area (TPSA) is 107 Å². The van der Waals surface area contributed by atoms with E-state index in [2.05, 4.69) is 5.32 Å². The number of benzene rings is 1. The summed E-state index contributed by atoms with van der Waals surface area (Å²) in [6.45, 7) is 0.684. The molecular weight excluding hydrogens is 270 g/mol. The van der Waals surface area contributed by atoms with Gasteiger partial charge >= 0.3 is 0 Å². The van der Waals surface area contributed by atoms with Crippen molar-refractivity contribution in [3.63, 3.8) is 0 Å². The highest BCUT2D eigenvalue weighted by molar-refractivity contribution is 5.97. The van der Waals surface area contributed by atoms with Gasteiger partial charge in [-0.2, -0.15) is 0 Å². The summed E-state index contributed by atoms with van der Waals surface area (Å²) < 4.78 is 5.16. The molecule has 21 heavy (non-hydrogen) atoms. The smallest absolute Gasteiger partial charge is 0.248 e. The van der Waals surface area contributed by atoms with Crippen LogP contribution in [0.2, 0.25) is 0 Å². The van der Waals surface area contributed by atoms with Gasteiger partial charge in [-0.15, -0.1) is 0 Å². The molecule has 0 radical (unpaired) electrons. The molecule has 1 aromatic carbocycles. The number of anilines is 1. The van der Waals surface area contributed by atoms with E-state index in [0.29, 0.717) is 30.0 Å². The number of nitrogens with one attached hydrogen (secondary N) is 1. The number of carbonyl (C=O) groups is 2. The Morgan fingerprint density at radius 3 is 2.52 bits per heavy atom. The Balaban J connectivity index is 2.57. The fraction of sp³-hybridized carbons (Fsp3) is 0.467. The zero-order valence-corrected chi connectivity index (χ0v) is 12.4. The van der Waals surface area contributed by atoms with E-state index in [1.807, 2.05) is 0 Å². The first-order chi connectivity index (χ1) is 10.1. The lowest BCUT2D eigenvalue weighted by Crippen LogP contribution is -2.15. The number of nitrogens with two attached hydrogens (primary N) is 2. The van der Waals surface area contributed by atoms with Gasteiger partial charge in [-0.3, -0.25) is 9.59 Å². The highest BCUT2D eigenvalue weighted by Crippen LogP contribution is 2.25. The summed E-state index contributed by atoms with van der Waals surface area (Å²) in [5, 5.41) is 2.75.